The van der Waals surface area contributed by atoms with Gasteiger partial charge in [0.25, 0.3) is 11.8 Å². The predicted molar refractivity (Wildman–Crippen MR) is 129 cm³/mol. The molecule has 0 spiro atoms. The first-order chi connectivity index (χ1) is 16.0. The normalized spacial score (nSPS) is 15.5. The Bertz CT molecular complexity index is 1210. The molecule has 0 saturated carbocycles. The van der Waals surface area contributed by atoms with E-state index in [9.17, 15) is 9.59 Å². The van der Waals surface area contributed by atoms with Crippen LogP contribution in [0, 0.1) is 11.8 Å². The first-order valence-electron chi connectivity index (χ1n) is 10.6. The number of anilines is 1. The molecule has 33 heavy (non-hydrogen) atoms. The van der Waals surface area contributed by atoms with Crippen molar-refractivity contribution in [3.05, 3.63) is 59.5 Å². The number of nitrogens with zero attached hydrogens (tertiary/aromatic N) is 3. The number of para-hydroxylation sites is 1. The number of ether oxygens (including phenoxy) is 1. The second-order valence-corrected chi connectivity index (χ2v) is 8.62. The fraction of sp³-hybridized carbons (Fsp3) is 0.240. The third-order valence-corrected chi connectivity index (χ3v) is 6.47. The van der Waals surface area contributed by atoms with Gasteiger partial charge in [0, 0.05) is 31.2 Å². The van der Waals surface area contributed by atoms with Gasteiger partial charge in [-0.25, -0.2) is 4.98 Å². The van der Waals surface area contributed by atoms with Gasteiger partial charge in [-0.3, -0.25) is 9.59 Å². The van der Waals surface area contributed by atoms with Crippen molar-refractivity contribution in [1.82, 2.24) is 9.88 Å². The van der Waals surface area contributed by atoms with E-state index in [1.807, 2.05) is 61.5 Å². The van der Waals surface area contributed by atoms with Crippen LogP contribution in [-0.2, 0) is 4.79 Å². The summed E-state index contributed by atoms with van der Waals surface area (Å²) in [6, 6.07) is 16.9. The van der Waals surface area contributed by atoms with Crippen LogP contribution >= 0.6 is 11.3 Å². The van der Waals surface area contributed by atoms with E-state index >= 15 is 0 Å². The van der Waals surface area contributed by atoms with Gasteiger partial charge < -0.3 is 20.3 Å². The molecular formula is C25H24N4O3S. The van der Waals surface area contributed by atoms with E-state index in [-0.39, 0.29) is 11.9 Å². The van der Waals surface area contributed by atoms with Crippen molar-refractivity contribution in [2.75, 3.05) is 24.5 Å². The Hall–Kier alpha value is -3.83. The SMILES string of the molecule is CC#CC(=O)N1CCN(c2nc(-c3ccc(Oc4ccccc4)cc3)c(C(N)=O)s2)CC1C. The van der Waals surface area contributed by atoms with Crippen LogP contribution < -0.4 is 15.4 Å². The van der Waals surface area contributed by atoms with Gasteiger partial charge in [-0.2, -0.15) is 0 Å². The Morgan fingerprint density at radius 2 is 1.79 bits per heavy atom. The molecule has 0 bridgehead atoms. The molecule has 1 aliphatic rings. The molecule has 2 amide bonds. The summed E-state index contributed by atoms with van der Waals surface area (Å²) in [6.45, 7) is 5.39. The first-order valence-corrected chi connectivity index (χ1v) is 11.4. The number of carbonyl (C=O) groups excluding carboxylic acids is 2. The Morgan fingerprint density at radius 3 is 2.42 bits per heavy atom. The Morgan fingerprint density at radius 1 is 1.09 bits per heavy atom. The van der Waals surface area contributed by atoms with Crippen molar-refractivity contribution in [2.24, 2.45) is 5.73 Å². The number of aromatic nitrogens is 1. The average Bonchev–Trinajstić information content (AvgIpc) is 3.26. The highest BCUT2D eigenvalue weighted by Crippen LogP contribution is 2.35. The number of rotatable bonds is 5. The smallest absolute Gasteiger partial charge is 0.298 e. The van der Waals surface area contributed by atoms with E-state index in [1.165, 1.54) is 11.3 Å². The largest absolute Gasteiger partial charge is 0.457 e. The lowest BCUT2D eigenvalue weighted by Crippen LogP contribution is -2.53. The van der Waals surface area contributed by atoms with E-state index in [2.05, 4.69) is 16.7 Å². The van der Waals surface area contributed by atoms with Gasteiger partial charge in [-0.15, -0.1) is 0 Å². The summed E-state index contributed by atoms with van der Waals surface area (Å²) in [7, 11) is 0. The summed E-state index contributed by atoms with van der Waals surface area (Å²) < 4.78 is 5.85. The van der Waals surface area contributed by atoms with E-state index < -0.39 is 5.91 Å². The minimum atomic E-state index is -0.515. The summed E-state index contributed by atoms with van der Waals surface area (Å²) in [5, 5.41) is 0.712. The molecule has 2 aromatic carbocycles. The van der Waals surface area contributed by atoms with Crippen molar-refractivity contribution < 1.29 is 14.3 Å². The van der Waals surface area contributed by atoms with E-state index in [1.54, 1.807) is 11.8 Å². The summed E-state index contributed by atoms with van der Waals surface area (Å²) in [5.41, 5.74) is 7.01. The van der Waals surface area contributed by atoms with Crippen LogP contribution in [-0.4, -0.2) is 47.4 Å². The number of benzene rings is 2. The fourth-order valence-corrected chi connectivity index (χ4v) is 4.70. The van der Waals surface area contributed by atoms with Crippen molar-refractivity contribution in [1.29, 1.82) is 0 Å². The fourth-order valence-electron chi connectivity index (χ4n) is 3.72. The Kier molecular flexibility index (Phi) is 6.61. The maximum absolute atomic E-state index is 12.2. The highest BCUT2D eigenvalue weighted by atomic mass is 32.1. The average molecular weight is 461 g/mol. The molecule has 0 radical (unpaired) electrons. The molecule has 1 aromatic heterocycles. The van der Waals surface area contributed by atoms with Crippen molar-refractivity contribution in [3.63, 3.8) is 0 Å². The van der Waals surface area contributed by atoms with Gasteiger partial charge >= 0.3 is 0 Å². The van der Waals surface area contributed by atoms with Gasteiger partial charge in [0.15, 0.2) is 5.13 Å². The van der Waals surface area contributed by atoms with Crippen molar-refractivity contribution in [2.45, 2.75) is 19.9 Å². The molecule has 2 N–H and O–H groups in total. The van der Waals surface area contributed by atoms with Gasteiger partial charge in [-0.05, 0) is 56.2 Å². The van der Waals surface area contributed by atoms with Crippen molar-refractivity contribution in [3.8, 4) is 34.6 Å². The van der Waals surface area contributed by atoms with Crippen LogP contribution in [0.1, 0.15) is 23.5 Å². The molecule has 3 aromatic rings. The molecule has 8 heteroatoms. The Labute approximate surface area is 196 Å². The van der Waals surface area contributed by atoms with E-state index in [0.29, 0.717) is 41.1 Å². The molecule has 168 valence electrons. The zero-order valence-corrected chi connectivity index (χ0v) is 19.3. The minimum absolute atomic E-state index is 0.0223. The second kappa shape index (κ2) is 9.76. The quantitative estimate of drug-likeness (QED) is 0.586. The molecule has 0 aliphatic carbocycles. The molecule has 1 unspecified atom stereocenters. The molecule has 1 fully saturated rings. The summed E-state index contributed by atoms with van der Waals surface area (Å²) in [6.07, 6.45) is 0. The maximum atomic E-state index is 12.2. The molecule has 1 saturated heterocycles. The summed E-state index contributed by atoms with van der Waals surface area (Å²) in [4.78, 5) is 33.3. The lowest BCUT2D eigenvalue weighted by atomic mass is 10.1. The van der Waals surface area contributed by atoms with Crippen LogP contribution in [0.15, 0.2) is 54.6 Å². The van der Waals surface area contributed by atoms with E-state index in [0.717, 1.165) is 11.3 Å². The molecule has 1 aliphatic heterocycles. The first kappa shape index (κ1) is 22.4. The number of amides is 2. The topological polar surface area (TPSA) is 88.8 Å². The highest BCUT2D eigenvalue weighted by Gasteiger charge is 2.29. The van der Waals surface area contributed by atoms with E-state index in [4.69, 9.17) is 15.5 Å². The van der Waals surface area contributed by atoms with Crippen LogP contribution in [0.2, 0.25) is 0 Å². The monoisotopic (exact) mass is 460 g/mol. The van der Waals surface area contributed by atoms with Crippen LogP contribution in [0.4, 0.5) is 5.13 Å². The van der Waals surface area contributed by atoms with Gasteiger partial charge in [0.1, 0.15) is 16.4 Å². The zero-order valence-electron chi connectivity index (χ0n) is 18.4. The highest BCUT2D eigenvalue weighted by molar-refractivity contribution is 7.18. The second-order valence-electron chi connectivity index (χ2n) is 7.65. The lowest BCUT2D eigenvalue weighted by Gasteiger charge is -2.38. The molecular weight excluding hydrogens is 436 g/mol. The Balaban J connectivity index is 1.54. The van der Waals surface area contributed by atoms with Gasteiger partial charge in [0.05, 0.1) is 5.69 Å². The minimum Gasteiger partial charge on any atom is -0.457 e. The number of piperazine rings is 1. The van der Waals surface area contributed by atoms with Crippen LogP contribution in [0.5, 0.6) is 11.5 Å². The summed E-state index contributed by atoms with van der Waals surface area (Å²) in [5.74, 6) is 6.02. The van der Waals surface area contributed by atoms with Gasteiger partial charge in [0.2, 0.25) is 0 Å². The predicted octanol–water partition coefficient (Wildman–Crippen LogP) is 3.76. The molecule has 2 heterocycles. The number of hydrogen-bond acceptors (Lipinski definition) is 6. The van der Waals surface area contributed by atoms with Crippen LogP contribution in [0.25, 0.3) is 11.3 Å². The number of nitrogens with two attached hydrogens (primary N) is 1. The standard InChI is InChI=1S/C25H24N4O3S/c1-3-7-21(30)29-15-14-28(16-17(29)2)25-27-22(23(33-25)24(26)31)18-10-12-20(13-11-18)32-19-8-5-4-6-9-19/h4-6,8-13,17H,14-16H2,1-2H3,(H2,26,31). The lowest BCUT2D eigenvalue weighted by molar-refractivity contribution is -0.127. The van der Waals surface area contributed by atoms with Crippen molar-refractivity contribution >= 4 is 28.3 Å². The number of thiazole rings is 1. The maximum Gasteiger partial charge on any atom is 0.298 e. The number of primary amides is 1. The third-order valence-electron chi connectivity index (χ3n) is 5.34. The zero-order chi connectivity index (χ0) is 23.4. The molecule has 7 nitrogen and oxygen atoms in total. The summed E-state index contributed by atoms with van der Waals surface area (Å²) >= 11 is 1.28. The number of hydrogen-bond donors (Lipinski definition) is 1. The molecule has 1 atom stereocenters. The number of carbonyl (C=O) groups is 2. The van der Waals surface area contributed by atoms with Gasteiger partial charge in [-0.1, -0.05) is 35.5 Å². The third kappa shape index (κ3) is 4.99. The van der Waals surface area contributed by atoms with Crippen LogP contribution in [0.3, 0.4) is 0 Å². The molecule has 4 rings (SSSR count).